The van der Waals surface area contributed by atoms with Gasteiger partial charge in [-0.05, 0) is 30.4 Å². The molecule has 0 spiro atoms. The third-order valence-electron chi connectivity index (χ3n) is 2.32. The van der Waals surface area contributed by atoms with Crippen LogP contribution in [0.25, 0.3) is 10.2 Å². The first-order chi connectivity index (χ1) is 9.22. The van der Waals surface area contributed by atoms with Gasteiger partial charge in [-0.2, -0.15) is 0 Å². The second-order valence-electron chi connectivity index (χ2n) is 3.84. The third kappa shape index (κ3) is 3.84. The molecule has 0 saturated carbocycles. The molecule has 1 amide bonds. The zero-order valence-electron chi connectivity index (χ0n) is 10.9. The number of rotatable bonds is 5. The van der Waals surface area contributed by atoms with Crippen LogP contribution in [0.3, 0.4) is 0 Å². The largest absolute Gasteiger partial charge is 0.449 e. The van der Waals surface area contributed by atoms with Crippen LogP contribution in [0.5, 0.6) is 0 Å². The predicted octanol–water partition coefficient (Wildman–Crippen LogP) is 4.37. The van der Waals surface area contributed by atoms with Crippen molar-refractivity contribution in [3.63, 3.8) is 0 Å². The Morgan fingerprint density at radius 3 is 3.05 bits per heavy atom. The van der Waals surface area contributed by atoms with Gasteiger partial charge in [0.2, 0.25) is 0 Å². The Balaban J connectivity index is 2.10. The molecule has 0 unspecified atom stereocenters. The molecule has 1 N–H and O–H groups in total. The van der Waals surface area contributed by atoms with Gasteiger partial charge >= 0.3 is 6.09 Å². The fourth-order valence-electron chi connectivity index (χ4n) is 1.53. The predicted molar refractivity (Wildman–Crippen MR) is 81.3 cm³/mol. The van der Waals surface area contributed by atoms with Gasteiger partial charge in [0.15, 0.2) is 5.13 Å². The van der Waals surface area contributed by atoms with E-state index in [-0.39, 0.29) is 0 Å². The SMILES string of the molecule is CCCOC(=O)Nc1nc2ccc(SCC)cc2s1. The van der Waals surface area contributed by atoms with Crippen molar-refractivity contribution in [3.05, 3.63) is 18.2 Å². The summed E-state index contributed by atoms with van der Waals surface area (Å²) in [7, 11) is 0. The van der Waals surface area contributed by atoms with E-state index in [4.69, 9.17) is 4.74 Å². The van der Waals surface area contributed by atoms with Crippen LogP contribution in [0.1, 0.15) is 20.3 Å². The minimum Gasteiger partial charge on any atom is -0.449 e. The minimum absolute atomic E-state index is 0.425. The molecule has 0 atom stereocenters. The van der Waals surface area contributed by atoms with Gasteiger partial charge in [0.1, 0.15) is 0 Å². The number of hydrogen-bond acceptors (Lipinski definition) is 5. The summed E-state index contributed by atoms with van der Waals surface area (Å²) >= 11 is 3.25. The molecule has 0 aliphatic rings. The van der Waals surface area contributed by atoms with E-state index in [0.717, 1.165) is 22.4 Å². The van der Waals surface area contributed by atoms with Crippen molar-refractivity contribution in [2.24, 2.45) is 0 Å². The summed E-state index contributed by atoms with van der Waals surface area (Å²) in [6, 6.07) is 6.13. The van der Waals surface area contributed by atoms with Gasteiger partial charge in [-0.3, -0.25) is 5.32 Å². The van der Waals surface area contributed by atoms with Crippen LogP contribution in [-0.2, 0) is 4.74 Å². The monoisotopic (exact) mass is 296 g/mol. The first-order valence-corrected chi connectivity index (χ1v) is 8.00. The van der Waals surface area contributed by atoms with Crippen LogP contribution in [0.15, 0.2) is 23.1 Å². The van der Waals surface area contributed by atoms with Crippen molar-refractivity contribution < 1.29 is 9.53 Å². The number of hydrogen-bond donors (Lipinski definition) is 1. The van der Waals surface area contributed by atoms with E-state index < -0.39 is 6.09 Å². The lowest BCUT2D eigenvalue weighted by molar-refractivity contribution is 0.161. The van der Waals surface area contributed by atoms with Gasteiger partial charge in [0.05, 0.1) is 16.8 Å². The molecule has 0 radical (unpaired) electrons. The number of nitrogens with zero attached hydrogens (tertiary/aromatic N) is 1. The zero-order valence-corrected chi connectivity index (χ0v) is 12.6. The normalized spacial score (nSPS) is 10.6. The third-order valence-corrected chi connectivity index (χ3v) is 4.13. The van der Waals surface area contributed by atoms with Crippen LogP contribution in [0.2, 0.25) is 0 Å². The molecule has 0 saturated heterocycles. The van der Waals surface area contributed by atoms with Gasteiger partial charge in [-0.25, -0.2) is 9.78 Å². The number of thioether (sulfide) groups is 1. The Morgan fingerprint density at radius 1 is 1.47 bits per heavy atom. The van der Waals surface area contributed by atoms with E-state index in [1.807, 2.05) is 13.0 Å². The van der Waals surface area contributed by atoms with Crippen LogP contribution >= 0.6 is 23.1 Å². The van der Waals surface area contributed by atoms with Gasteiger partial charge < -0.3 is 4.74 Å². The maximum atomic E-state index is 11.4. The summed E-state index contributed by atoms with van der Waals surface area (Å²) in [6.07, 6.45) is 0.370. The van der Waals surface area contributed by atoms with Crippen molar-refractivity contribution in [2.75, 3.05) is 17.7 Å². The highest BCUT2D eigenvalue weighted by molar-refractivity contribution is 7.99. The van der Waals surface area contributed by atoms with Crippen molar-refractivity contribution in [1.29, 1.82) is 0 Å². The van der Waals surface area contributed by atoms with Gasteiger partial charge in [0, 0.05) is 4.90 Å². The van der Waals surface area contributed by atoms with Crippen molar-refractivity contribution in [2.45, 2.75) is 25.2 Å². The first-order valence-electron chi connectivity index (χ1n) is 6.20. The van der Waals surface area contributed by atoms with E-state index >= 15 is 0 Å². The number of ether oxygens (including phenoxy) is 1. The first kappa shape index (κ1) is 14.1. The molecule has 0 aliphatic carbocycles. The van der Waals surface area contributed by atoms with Crippen LogP contribution in [-0.4, -0.2) is 23.4 Å². The van der Waals surface area contributed by atoms with Crippen molar-refractivity contribution in [1.82, 2.24) is 4.98 Å². The lowest BCUT2D eigenvalue weighted by Crippen LogP contribution is -2.13. The molecule has 2 aromatic rings. The number of aromatic nitrogens is 1. The Hall–Kier alpha value is -1.27. The molecule has 0 bridgehead atoms. The molecule has 2 rings (SSSR count). The molecule has 1 aromatic heterocycles. The Kier molecular flexibility index (Phi) is 5.04. The van der Waals surface area contributed by atoms with Gasteiger partial charge in [-0.15, -0.1) is 11.8 Å². The molecule has 0 fully saturated rings. The maximum absolute atomic E-state index is 11.4. The second kappa shape index (κ2) is 6.77. The Morgan fingerprint density at radius 2 is 2.32 bits per heavy atom. The Bertz CT molecular complexity index is 569. The maximum Gasteiger partial charge on any atom is 0.413 e. The lowest BCUT2D eigenvalue weighted by Gasteiger charge is -2.01. The molecule has 4 nitrogen and oxygen atoms in total. The molecule has 102 valence electrons. The number of thiazole rings is 1. The number of benzene rings is 1. The quantitative estimate of drug-likeness (QED) is 0.833. The summed E-state index contributed by atoms with van der Waals surface area (Å²) in [6.45, 7) is 4.50. The standard InChI is InChI=1S/C13H16N2O2S2/c1-3-7-17-13(16)15-12-14-10-6-5-9(18-4-2)8-11(10)19-12/h5-6,8H,3-4,7H2,1-2H3,(H,14,15,16). The van der Waals surface area contributed by atoms with Crippen LogP contribution in [0, 0.1) is 0 Å². The molecule has 19 heavy (non-hydrogen) atoms. The van der Waals surface area contributed by atoms with Crippen LogP contribution in [0.4, 0.5) is 9.93 Å². The van der Waals surface area contributed by atoms with Crippen molar-refractivity contribution in [3.8, 4) is 0 Å². The number of carbonyl (C=O) groups excluding carboxylic acids is 1. The average Bonchev–Trinajstić information content (AvgIpc) is 2.78. The smallest absolute Gasteiger partial charge is 0.413 e. The summed E-state index contributed by atoms with van der Waals surface area (Å²) in [5.74, 6) is 1.04. The van der Waals surface area contributed by atoms with Gasteiger partial charge in [0.25, 0.3) is 0 Å². The van der Waals surface area contributed by atoms with E-state index in [9.17, 15) is 4.79 Å². The minimum atomic E-state index is -0.441. The number of fused-ring (bicyclic) bond motifs is 1. The van der Waals surface area contributed by atoms with E-state index in [0.29, 0.717) is 11.7 Å². The second-order valence-corrected chi connectivity index (χ2v) is 6.21. The molecule has 0 aliphatic heterocycles. The Labute approximate surface area is 120 Å². The number of carbonyl (C=O) groups is 1. The summed E-state index contributed by atoms with van der Waals surface area (Å²) in [4.78, 5) is 17.0. The number of anilines is 1. The fourth-order valence-corrected chi connectivity index (χ4v) is 3.20. The van der Waals surface area contributed by atoms with Crippen molar-refractivity contribution >= 4 is 44.5 Å². The molecular weight excluding hydrogens is 280 g/mol. The average molecular weight is 296 g/mol. The van der Waals surface area contributed by atoms with Gasteiger partial charge in [-0.1, -0.05) is 25.2 Å². The van der Waals surface area contributed by atoms with E-state index in [1.165, 1.54) is 16.2 Å². The van der Waals surface area contributed by atoms with E-state index in [1.54, 1.807) is 11.8 Å². The molecule has 1 aromatic carbocycles. The summed E-state index contributed by atoms with van der Waals surface area (Å²) in [5, 5.41) is 3.24. The highest BCUT2D eigenvalue weighted by atomic mass is 32.2. The molecule has 1 heterocycles. The van der Waals surface area contributed by atoms with E-state index in [2.05, 4.69) is 29.4 Å². The highest BCUT2D eigenvalue weighted by Gasteiger charge is 2.08. The number of nitrogens with one attached hydrogen (secondary N) is 1. The molecular formula is C13H16N2O2S2. The molecule has 6 heteroatoms. The summed E-state index contributed by atoms with van der Waals surface area (Å²) in [5.41, 5.74) is 0.899. The lowest BCUT2D eigenvalue weighted by atomic mass is 10.3. The summed E-state index contributed by atoms with van der Waals surface area (Å²) < 4.78 is 6.04. The van der Waals surface area contributed by atoms with Crippen LogP contribution < -0.4 is 5.32 Å². The topological polar surface area (TPSA) is 51.2 Å². The highest BCUT2D eigenvalue weighted by Crippen LogP contribution is 2.30. The zero-order chi connectivity index (χ0) is 13.7. The fraction of sp³-hybridized carbons (Fsp3) is 0.385. The number of amides is 1.